The predicted octanol–water partition coefficient (Wildman–Crippen LogP) is 8.28. The van der Waals surface area contributed by atoms with Crippen LogP contribution in [0.2, 0.25) is 0 Å². The highest BCUT2D eigenvalue weighted by Gasteiger charge is 2.46. The van der Waals surface area contributed by atoms with Crippen LogP contribution in [0.3, 0.4) is 0 Å². The van der Waals surface area contributed by atoms with E-state index in [-0.39, 0.29) is 19.4 Å². The van der Waals surface area contributed by atoms with Crippen LogP contribution in [0.1, 0.15) is 187 Å². The topological polar surface area (TPSA) is 186 Å². The van der Waals surface area contributed by atoms with Gasteiger partial charge in [0.15, 0.2) is 12.4 Å². The Morgan fingerprint density at radius 1 is 0.600 bits per heavy atom. The molecule has 55 heavy (non-hydrogen) atoms. The van der Waals surface area contributed by atoms with E-state index < -0.39 is 71.2 Å². The van der Waals surface area contributed by atoms with Crippen LogP contribution < -0.4 is 0 Å². The maximum Gasteiger partial charge on any atom is 0.306 e. The summed E-state index contributed by atoms with van der Waals surface area (Å²) in [4.78, 5) is 25.3. The van der Waals surface area contributed by atoms with Crippen LogP contribution in [0.5, 0.6) is 0 Å². The number of unbranched alkanes of at least 4 members (excludes halogenated alkanes) is 22. The average molecular weight is 807 g/mol. The van der Waals surface area contributed by atoms with Crippen LogP contribution in [0.4, 0.5) is 0 Å². The molecule has 0 radical (unpaired) electrons. The number of esters is 2. The van der Waals surface area contributed by atoms with Gasteiger partial charge in [0.25, 0.3) is 10.1 Å². The second-order valence-electron chi connectivity index (χ2n) is 15.4. The van der Waals surface area contributed by atoms with Gasteiger partial charge in [0.1, 0.15) is 36.8 Å². The molecule has 0 aliphatic carbocycles. The van der Waals surface area contributed by atoms with Crippen LogP contribution in [-0.4, -0.2) is 96.0 Å². The molecule has 12 nitrogen and oxygen atoms in total. The number of allylic oxidation sites excluding steroid dienone is 2. The highest BCUT2D eigenvalue weighted by molar-refractivity contribution is 7.85. The van der Waals surface area contributed by atoms with Gasteiger partial charge in [-0.25, -0.2) is 0 Å². The lowest BCUT2D eigenvalue weighted by molar-refractivity contribution is -0.297. The predicted molar refractivity (Wildman–Crippen MR) is 215 cm³/mol. The van der Waals surface area contributed by atoms with Gasteiger partial charge in [-0.15, -0.1) is 0 Å². The molecule has 0 amide bonds. The number of hydrogen-bond donors (Lipinski definition) is 4. The number of ether oxygens (including phenoxy) is 4. The number of carbonyl (C=O) groups is 2. The van der Waals surface area contributed by atoms with E-state index in [0.29, 0.717) is 12.8 Å². The fourth-order valence-electron chi connectivity index (χ4n) is 6.67. The highest BCUT2D eigenvalue weighted by Crippen LogP contribution is 2.24. The molecule has 324 valence electrons. The summed E-state index contributed by atoms with van der Waals surface area (Å²) in [5.74, 6) is -1.98. The van der Waals surface area contributed by atoms with E-state index in [4.69, 9.17) is 18.9 Å². The molecule has 0 bridgehead atoms. The average Bonchev–Trinajstić information content (AvgIpc) is 3.14. The van der Waals surface area contributed by atoms with Crippen molar-refractivity contribution in [1.82, 2.24) is 0 Å². The van der Waals surface area contributed by atoms with Crippen molar-refractivity contribution in [3.63, 3.8) is 0 Å². The molecule has 0 spiro atoms. The zero-order valence-electron chi connectivity index (χ0n) is 34.3. The van der Waals surface area contributed by atoms with Crippen molar-refractivity contribution >= 4 is 22.1 Å². The third kappa shape index (κ3) is 28.4. The van der Waals surface area contributed by atoms with Crippen LogP contribution >= 0.6 is 0 Å². The van der Waals surface area contributed by atoms with E-state index in [1.165, 1.54) is 109 Å². The van der Waals surface area contributed by atoms with Gasteiger partial charge in [0, 0.05) is 12.8 Å². The van der Waals surface area contributed by atoms with Gasteiger partial charge in [0.05, 0.1) is 6.61 Å². The first-order valence-corrected chi connectivity index (χ1v) is 23.4. The Hall–Kier alpha value is -1.61. The van der Waals surface area contributed by atoms with Crippen molar-refractivity contribution in [1.29, 1.82) is 0 Å². The molecule has 1 aliphatic heterocycles. The van der Waals surface area contributed by atoms with Gasteiger partial charge in [-0.1, -0.05) is 148 Å². The van der Waals surface area contributed by atoms with Crippen molar-refractivity contribution in [2.24, 2.45) is 0 Å². The number of rotatable bonds is 36. The Labute approximate surface area is 333 Å². The van der Waals surface area contributed by atoms with Gasteiger partial charge in [-0.05, 0) is 38.5 Å². The zero-order valence-corrected chi connectivity index (χ0v) is 35.1. The van der Waals surface area contributed by atoms with Crippen molar-refractivity contribution in [3.8, 4) is 0 Å². The standard InChI is InChI=1S/C42H78O12S/c1-3-5-7-9-11-13-15-16-17-18-19-20-21-23-25-27-29-31-38(44)53-35(32-51-37(43)30-28-26-24-22-14-12-10-8-6-4-2)33-52-42-41(47)40(46)39(45)36(54-42)34-55(48,49)50/h13,15,35-36,39-42,45-47H,3-12,14,16-34H2,1-2H3,(H,48,49,50)/b15-13+/t35-,36-,39-,40?,41?,42+/m1/s1. The quantitative estimate of drug-likeness (QED) is 0.0206. The third-order valence-corrected chi connectivity index (χ3v) is 10.8. The monoisotopic (exact) mass is 807 g/mol. The molecule has 0 aromatic rings. The lowest BCUT2D eigenvalue weighted by Gasteiger charge is -2.40. The van der Waals surface area contributed by atoms with E-state index in [1.807, 2.05) is 0 Å². The molecule has 1 rings (SSSR count). The molecule has 2 unspecified atom stereocenters. The van der Waals surface area contributed by atoms with E-state index >= 15 is 0 Å². The lowest BCUT2D eigenvalue weighted by Crippen LogP contribution is -2.60. The molecule has 0 aromatic carbocycles. The summed E-state index contributed by atoms with van der Waals surface area (Å²) in [5, 5.41) is 30.8. The SMILES string of the molecule is CCCCCC/C=C/CCCCCCCCCCCC(=O)O[C@H](COC(=O)CCCCCCCCCCCC)CO[C@H]1O[C@H](CS(=O)(=O)O)[C@@H](O)C(O)C1O. The van der Waals surface area contributed by atoms with E-state index in [9.17, 15) is 37.9 Å². The van der Waals surface area contributed by atoms with Crippen molar-refractivity contribution < 1.29 is 56.8 Å². The molecule has 1 aliphatic rings. The molecule has 0 saturated carbocycles. The van der Waals surface area contributed by atoms with Crippen LogP contribution in [0.15, 0.2) is 12.2 Å². The lowest BCUT2D eigenvalue weighted by atomic mass is 10.00. The van der Waals surface area contributed by atoms with Gasteiger partial charge in [-0.2, -0.15) is 8.42 Å². The normalized spacial score (nSPS) is 20.9. The summed E-state index contributed by atoms with van der Waals surface area (Å²) >= 11 is 0. The summed E-state index contributed by atoms with van der Waals surface area (Å²) in [6, 6.07) is 0. The fraction of sp³-hybridized carbons (Fsp3) is 0.905. The van der Waals surface area contributed by atoms with Crippen molar-refractivity contribution in [2.75, 3.05) is 19.0 Å². The molecule has 1 fully saturated rings. The largest absolute Gasteiger partial charge is 0.462 e. The zero-order chi connectivity index (χ0) is 40.6. The number of aliphatic hydroxyl groups is 3. The molecule has 4 N–H and O–H groups in total. The van der Waals surface area contributed by atoms with Crippen LogP contribution in [0.25, 0.3) is 0 Å². The van der Waals surface area contributed by atoms with Gasteiger partial charge in [0.2, 0.25) is 0 Å². The third-order valence-electron chi connectivity index (χ3n) is 10.1. The van der Waals surface area contributed by atoms with Crippen molar-refractivity contribution in [2.45, 2.75) is 224 Å². The van der Waals surface area contributed by atoms with Crippen LogP contribution in [0, 0.1) is 0 Å². The van der Waals surface area contributed by atoms with E-state index in [2.05, 4.69) is 26.0 Å². The molecular weight excluding hydrogens is 729 g/mol. The second kappa shape index (κ2) is 33.4. The minimum Gasteiger partial charge on any atom is -0.462 e. The Balaban J connectivity index is 2.44. The molecule has 0 aromatic heterocycles. The summed E-state index contributed by atoms with van der Waals surface area (Å²) in [6.45, 7) is 3.73. The first-order chi connectivity index (χ1) is 26.5. The number of hydrogen-bond acceptors (Lipinski definition) is 11. The van der Waals surface area contributed by atoms with Gasteiger partial charge < -0.3 is 34.3 Å². The van der Waals surface area contributed by atoms with E-state index in [0.717, 1.165) is 38.5 Å². The smallest absolute Gasteiger partial charge is 0.306 e. The molecular formula is C42H78O12S. The summed E-state index contributed by atoms with van der Waals surface area (Å²) in [5.41, 5.74) is 0. The minimum absolute atomic E-state index is 0.166. The van der Waals surface area contributed by atoms with Gasteiger partial charge >= 0.3 is 11.9 Å². The first-order valence-electron chi connectivity index (χ1n) is 21.7. The Bertz CT molecular complexity index is 1080. The van der Waals surface area contributed by atoms with Crippen molar-refractivity contribution in [3.05, 3.63) is 12.2 Å². The number of aliphatic hydroxyl groups excluding tert-OH is 3. The molecule has 13 heteroatoms. The fourth-order valence-corrected chi connectivity index (χ4v) is 7.36. The molecule has 6 atom stereocenters. The summed E-state index contributed by atoms with van der Waals surface area (Å²) in [6.07, 6.45) is 24.1. The Kier molecular flexibility index (Phi) is 31.2. The minimum atomic E-state index is -4.60. The Morgan fingerprint density at radius 2 is 1.04 bits per heavy atom. The molecule has 1 heterocycles. The second-order valence-corrected chi connectivity index (χ2v) is 16.9. The maximum atomic E-state index is 12.8. The van der Waals surface area contributed by atoms with Crippen LogP contribution in [-0.2, 0) is 38.7 Å². The maximum absolute atomic E-state index is 12.8. The van der Waals surface area contributed by atoms with Gasteiger partial charge in [-0.3, -0.25) is 14.1 Å². The highest BCUT2D eigenvalue weighted by atomic mass is 32.2. The molecule has 1 saturated heterocycles. The summed E-state index contributed by atoms with van der Waals surface area (Å²) in [7, 11) is -4.60. The summed E-state index contributed by atoms with van der Waals surface area (Å²) < 4.78 is 53.9. The number of carbonyl (C=O) groups excluding carboxylic acids is 2. The Morgan fingerprint density at radius 3 is 1.53 bits per heavy atom. The first kappa shape index (κ1) is 51.4. The van der Waals surface area contributed by atoms with E-state index in [1.54, 1.807) is 0 Å².